The molecule has 1 heterocycles. The van der Waals surface area contributed by atoms with Gasteiger partial charge in [-0.3, -0.25) is 4.99 Å². The molecule has 1 atom stereocenters. The second kappa shape index (κ2) is 10.4. The van der Waals surface area contributed by atoms with Crippen LogP contribution in [0.2, 0.25) is 0 Å². The minimum absolute atomic E-state index is 0. The second-order valence-electron chi connectivity index (χ2n) is 6.65. The van der Waals surface area contributed by atoms with Crippen molar-refractivity contribution in [1.82, 2.24) is 10.6 Å². The minimum atomic E-state index is 0. The maximum Gasteiger partial charge on any atom is 0.191 e. The number of rotatable bonds is 5. The van der Waals surface area contributed by atoms with Crippen LogP contribution in [0.3, 0.4) is 0 Å². The van der Waals surface area contributed by atoms with E-state index in [-0.39, 0.29) is 24.0 Å². The molecular formula is C21H29IN4. The van der Waals surface area contributed by atoms with Crippen molar-refractivity contribution in [1.29, 1.82) is 0 Å². The molecule has 2 aromatic carbocycles. The Morgan fingerprint density at radius 3 is 2.69 bits per heavy atom. The molecule has 1 fully saturated rings. The fourth-order valence-corrected chi connectivity index (χ4v) is 3.33. The van der Waals surface area contributed by atoms with Crippen LogP contribution >= 0.6 is 24.0 Å². The number of halogens is 1. The molecule has 1 unspecified atom stereocenters. The van der Waals surface area contributed by atoms with Gasteiger partial charge in [0.1, 0.15) is 0 Å². The number of hydrogen-bond acceptors (Lipinski definition) is 2. The van der Waals surface area contributed by atoms with E-state index >= 15 is 0 Å². The van der Waals surface area contributed by atoms with Gasteiger partial charge in [0, 0.05) is 38.4 Å². The van der Waals surface area contributed by atoms with Crippen molar-refractivity contribution < 1.29 is 0 Å². The first-order valence-electron chi connectivity index (χ1n) is 9.07. The van der Waals surface area contributed by atoms with Crippen LogP contribution in [-0.4, -0.2) is 38.7 Å². The molecule has 1 aliphatic heterocycles. The SMILES string of the molecule is CN=C(NCCc1cccc(C)c1)NC1CCN(c2ccccc2)C1.I. The van der Waals surface area contributed by atoms with E-state index in [0.29, 0.717) is 6.04 Å². The molecule has 2 aromatic rings. The van der Waals surface area contributed by atoms with Gasteiger partial charge in [0.25, 0.3) is 0 Å². The molecule has 0 bridgehead atoms. The van der Waals surface area contributed by atoms with Crippen molar-refractivity contribution in [3.05, 3.63) is 65.7 Å². The van der Waals surface area contributed by atoms with Crippen LogP contribution in [-0.2, 0) is 6.42 Å². The summed E-state index contributed by atoms with van der Waals surface area (Å²) in [4.78, 5) is 6.80. The van der Waals surface area contributed by atoms with Crippen LogP contribution in [0.15, 0.2) is 59.6 Å². The number of guanidine groups is 1. The Balaban J connectivity index is 0.00000243. The Morgan fingerprint density at radius 1 is 1.15 bits per heavy atom. The Morgan fingerprint density at radius 2 is 1.96 bits per heavy atom. The first-order valence-corrected chi connectivity index (χ1v) is 9.07. The lowest BCUT2D eigenvalue weighted by molar-refractivity contribution is 0.648. The lowest BCUT2D eigenvalue weighted by Gasteiger charge is -2.20. The molecule has 1 saturated heterocycles. The molecule has 3 rings (SSSR count). The standard InChI is InChI=1S/C21H28N4.HI/c1-17-7-6-8-18(15-17)11-13-23-21(22-2)24-19-12-14-25(16-19)20-9-4-3-5-10-20;/h3-10,15,19H,11-14,16H2,1-2H3,(H2,22,23,24);1H. The van der Waals surface area contributed by atoms with Crippen LogP contribution in [0.5, 0.6) is 0 Å². The molecule has 0 radical (unpaired) electrons. The summed E-state index contributed by atoms with van der Waals surface area (Å²) in [5, 5.41) is 7.00. The molecule has 0 saturated carbocycles. The third-order valence-electron chi connectivity index (χ3n) is 4.66. The average molecular weight is 464 g/mol. The first-order chi connectivity index (χ1) is 12.2. The van der Waals surface area contributed by atoms with Crippen LogP contribution in [0.4, 0.5) is 5.69 Å². The number of nitrogens with one attached hydrogen (secondary N) is 2. The zero-order valence-electron chi connectivity index (χ0n) is 15.6. The Labute approximate surface area is 174 Å². The Bertz CT molecular complexity index is 702. The van der Waals surface area contributed by atoms with Gasteiger partial charge in [-0.25, -0.2) is 0 Å². The molecular weight excluding hydrogens is 435 g/mol. The van der Waals surface area contributed by atoms with Gasteiger partial charge in [-0.2, -0.15) is 0 Å². The average Bonchev–Trinajstić information content (AvgIpc) is 3.10. The smallest absolute Gasteiger partial charge is 0.191 e. The van der Waals surface area contributed by atoms with Crippen molar-refractivity contribution in [3.63, 3.8) is 0 Å². The van der Waals surface area contributed by atoms with Crippen molar-refractivity contribution in [2.24, 2.45) is 4.99 Å². The number of hydrogen-bond donors (Lipinski definition) is 2. The predicted octanol–water partition coefficient (Wildman–Crippen LogP) is 3.60. The number of benzene rings is 2. The largest absolute Gasteiger partial charge is 0.369 e. The Hall–Kier alpha value is -1.76. The van der Waals surface area contributed by atoms with E-state index in [2.05, 4.69) is 82.0 Å². The summed E-state index contributed by atoms with van der Waals surface area (Å²) in [6.07, 6.45) is 2.14. The third kappa shape index (κ3) is 5.90. The highest BCUT2D eigenvalue weighted by atomic mass is 127. The lowest BCUT2D eigenvalue weighted by Crippen LogP contribution is -2.45. The number of aryl methyl sites for hydroxylation is 1. The highest BCUT2D eigenvalue weighted by molar-refractivity contribution is 14.0. The molecule has 26 heavy (non-hydrogen) atoms. The Kier molecular flexibility index (Phi) is 8.22. The molecule has 0 spiro atoms. The van der Waals surface area contributed by atoms with E-state index in [0.717, 1.165) is 38.4 Å². The minimum Gasteiger partial charge on any atom is -0.369 e. The van der Waals surface area contributed by atoms with E-state index in [9.17, 15) is 0 Å². The van der Waals surface area contributed by atoms with E-state index in [1.807, 2.05) is 7.05 Å². The normalized spacial score (nSPS) is 16.9. The highest BCUT2D eigenvalue weighted by Crippen LogP contribution is 2.19. The first kappa shape index (κ1) is 20.6. The molecule has 0 amide bonds. The quantitative estimate of drug-likeness (QED) is 0.404. The number of nitrogens with zero attached hydrogens (tertiary/aromatic N) is 2. The molecule has 2 N–H and O–H groups in total. The zero-order chi connectivity index (χ0) is 17.5. The van der Waals surface area contributed by atoms with Gasteiger partial charge in [-0.05, 0) is 37.5 Å². The summed E-state index contributed by atoms with van der Waals surface area (Å²) >= 11 is 0. The highest BCUT2D eigenvalue weighted by Gasteiger charge is 2.23. The third-order valence-corrected chi connectivity index (χ3v) is 4.66. The summed E-state index contributed by atoms with van der Waals surface area (Å²) in [6, 6.07) is 19.7. The van der Waals surface area contributed by atoms with Crippen LogP contribution in [0, 0.1) is 6.92 Å². The second-order valence-corrected chi connectivity index (χ2v) is 6.65. The van der Waals surface area contributed by atoms with E-state index < -0.39 is 0 Å². The van der Waals surface area contributed by atoms with E-state index in [4.69, 9.17) is 0 Å². The van der Waals surface area contributed by atoms with Crippen molar-refractivity contribution >= 4 is 35.6 Å². The molecule has 0 aliphatic carbocycles. The van der Waals surface area contributed by atoms with Gasteiger partial charge < -0.3 is 15.5 Å². The fraction of sp³-hybridized carbons (Fsp3) is 0.381. The zero-order valence-corrected chi connectivity index (χ0v) is 17.9. The van der Waals surface area contributed by atoms with Gasteiger partial charge in [0.05, 0.1) is 0 Å². The lowest BCUT2D eigenvalue weighted by atomic mass is 10.1. The van der Waals surface area contributed by atoms with Gasteiger partial charge in [-0.1, -0.05) is 48.0 Å². The maximum atomic E-state index is 4.37. The van der Waals surface area contributed by atoms with Crippen molar-refractivity contribution in [2.75, 3.05) is 31.6 Å². The summed E-state index contributed by atoms with van der Waals surface area (Å²) in [5.74, 6) is 0.896. The fourth-order valence-electron chi connectivity index (χ4n) is 3.33. The van der Waals surface area contributed by atoms with E-state index in [1.54, 1.807) is 0 Å². The number of anilines is 1. The number of aliphatic imine (C=N–C) groups is 1. The molecule has 140 valence electrons. The number of para-hydroxylation sites is 1. The van der Waals surface area contributed by atoms with Gasteiger partial charge >= 0.3 is 0 Å². The molecule has 5 heteroatoms. The summed E-state index contributed by atoms with van der Waals surface area (Å²) in [7, 11) is 1.84. The predicted molar refractivity (Wildman–Crippen MR) is 122 cm³/mol. The van der Waals surface area contributed by atoms with Crippen LogP contribution < -0.4 is 15.5 Å². The van der Waals surface area contributed by atoms with Crippen molar-refractivity contribution in [3.8, 4) is 0 Å². The van der Waals surface area contributed by atoms with Crippen molar-refractivity contribution in [2.45, 2.75) is 25.8 Å². The maximum absolute atomic E-state index is 4.37. The van der Waals surface area contributed by atoms with Crippen LogP contribution in [0.25, 0.3) is 0 Å². The summed E-state index contributed by atoms with van der Waals surface area (Å²) in [5.41, 5.74) is 3.97. The molecule has 1 aliphatic rings. The molecule has 0 aromatic heterocycles. The van der Waals surface area contributed by atoms with Crippen LogP contribution in [0.1, 0.15) is 17.5 Å². The summed E-state index contributed by atoms with van der Waals surface area (Å²) < 4.78 is 0. The van der Waals surface area contributed by atoms with Gasteiger partial charge in [-0.15, -0.1) is 24.0 Å². The van der Waals surface area contributed by atoms with E-state index in [1.165, 1.54) is 16.8 Å². The van der Waals surface area contributed by atoms with Gasteiger partial charge in [0.2, 0.25) is 0 Å². The topological polar surface area (TPSA) is 39.7 Å². The molecule has 4 nitrogen and oxygen atoms in total. The van der Waals surface area contributed by atoms with Gasteiger partial charge in [0.15, 0.2) is 5.96 Å². The summed E-state index contributed by atoms with van der Waals surface area (Å²) in [6.45, 7) is 5.12. The monoisotopic (exact) mass is 464 g/mol.